The van der Waals surface area contributed by atoms with Crippen molar-refractivity contribution in [3.8, 4) is 6.07 Å². The number of hydrogen-bond donors (Lipinski definition) is 1. The third kappa shape index (κ3) is 2.81. The lowest BCUT2D eigenvalue weighted by Gasteiger charge is -2.10. The minimum Gasteiger partial charge on any atom is -0.313 e. The SMILES string of the molecule is N#Cc1ccnc(S(=O)(=O)CC2CCCN2)c1. The molecule has 0 radical (unpaired) electrons. The summed E-state index contributed by atoms with van der Waals surface area (Å²) in [5.74, 6) is 0.0505. The molecule has 0 aromatic carbocycles. The number of pyridine rings is 1. The van der Waals surface area contributed by atoms with E-state index in [0.29, 0.717) is 5.56 Å². The Kier molecular flexibility index (Phi) is 3.41. The maximum atomic E-state index is 12.0. The molecule has 1 saturated heterocycles. The van der Waals surface area contributed by atoms with Gasteiger partial charge in [0.2, 0.25) is 0 Å². The van der Waals surface area contributed by atoms with Crippen LogP contribution in [0.25, 0.3) is 0 Å². The predicted molar refractivity (Wildman–Crippen MR) is 62.0 cm³/mol. The topological polar surface area (TPSA) is 82.8 Å². The minimum absolute atomic E-state index is 0.00698. The zero-order valence-corrected chi connectivity index (χ0v) is 10.1. The molecule has 1 aliphatic rings. The van der Waals surface area contributed by atoms with E-state index in [1.165, 1.54) is 18.3 Å². The van der Waals surface area contributed by atoms with Crippen molar-refractivity contribution >= 4 is 9.84 Å². The molecule has 1 unspecified atom stereocenters. The molecule has 1 atom stereocenters. The van der Waals surface area contributed by atoms with E-state index in [2.05, 4.69) is 10.3 Å². The number of nitriles is 1. The molecule has 0 saturated carbocycles. The zero-order valence-electron chi connectivity index (χ0n) is 9.26. The van der Waals surface area contributed by atoms with Crippen LogP contribution in [0.1, 0.15) is 18.4 Å². The number of sulfone groups is 1. The Morgan fingerprint density at radius 3 is 3.06 bits per heavy atom. The number of nitrogens with zero attached hydrogens (tertiary/aromatic N) is 2. The average Bonchev–Trinajstić information content (AvgIpc) is 2.81. The molecule has 1 aromatic heterocycles. The maximum Gasteiger partial charge on any atom is 0.197 e. The molecular formula is C11H13N3O2S. The fraction of sp³-hybridized carbons (Fsp3) is 0.455. The van der Waals surface area contributed by atoms with E-state index >= 15 is 0 Å². The van der Waals surface area contributed by atoms with Crippen LogP contribution in [0, 0.1) is 11.3 Å². The van der Waals surface area contributed by atoms with Crippen molar-refractivity contribution in [2.45, 2.75) is 23.9 Å². The fourth-order valence-corrected chi connectivity index (χ4v) is 3.41. The standard InChI is InChI=1S/C11H13N3O2S/c12-7-9-3-5-14-11(6-9)17(15,16)8-10-2-1-4-13-10/h3,5-6,10,13H,1-2,4,8H2. The van der Waals surface area contributed by atoms with Crippen LogP contribution in [0.3, 0.4) is 0 Å². The van der Waals surface area contributed by atoms with Crippen molar-refractivity contribution in [1.82, 2.24) is 10.3 Å². The van der Waals surface area contributed by atoms with Gasteiger partial charge in [0.15, 0.2) is 14.9 Å². The van der Waals surface area contributed by atoms with Crippen LogP contribution in [0.4, 0.5) is 0 Å². The minimum atomic E-state index is -3.40. The number of rotatable bonds is 3. The average molecular weight is 251 g/mol. The van der Waals surface area contributed by atoms with E-state index in [1.54, 1.807) is 0 Å². The lowest BCUT2D eigenvalue weighted by Crippen LogP contribution is -2.30. The molecule has 1 aliphatic heterocycles. The van der Waals surface area contributed by atoms with Crippen LogP contribution in [-0.2, 0) is 9.84 Å². The van der Waals surface area contributed by atoms with Gasteiger partial charge >= 0.3 is 0 Å². The maximum absolute atomic E-state index is 12.0. The van der Waals surface area contributed by atoms with Crippen molar-refractivity contribution < 1.29 is 8.42 Å². The van der Waals surface area contributed by atoms with Crippen molar-refractivity contribution in [3.63, 3.8) is 0 Å². The number of aromatic nitrogens is 1. The van der Waals surface area contributed by atoms with Gasteiger partial charge in [-0.25, -0.2) is 13.4 Å². The predicted octanol–water partition coefficient (Wildman–Crippen LogP) is 0.479. The quantitative estimate of drug-likeness (QED) is 0.844. The number of nitrogens with one attached hydrogen (secondary N) is 1. The van der Waals surface area contributed by atoms with E-state index in [0.717, 1.165) is 19.4 Å². The van der Waals surface area contributed by atoms with Crippen LogP contribution in [0.15, 0.2) is 23.4 Å². The molecule has 5 nitrogen and oxygen atoms in total. The first-order valence-electron chi connectivity index (χ1n) is 5.44. The summed E-state index contributed by atoms with van der Waals surface area (Å²) in [6.07, 6.45) is 3.23. The normalized spacial score (nSPS) is 20.1. The third-order valence-electron chi connectivity index (χ3n) is 2.77. The number of hydrogen-bond acceptors (Lipinski definition) is 5. The van der Waals surface area contributed by atoms with Gasteiger partial charge in [0.25, 0.3) is 0 Å². The Labute approximate surface area is 100 Å². The van der Waals surface area contributed by atoms with E-state index in [4.69, 9.17) is 5.26 Å². The first-order valence-corrected chi connectivity index (χ1v) is 7.09. The molecular weight excluding hydrogens is 238 g/mol. The fourth-order valence-electron chi connectivity index (χ4n) is 1.90. The zero-order chi connectivity index (χ0) is 12.3. The van der Waals surface area contributed by atoms with Gasteiger partial charge < -0.3 is 5.32 Å². The van der Waals surface area contributed by atoms with Gasteiger partial charge in [-0.1, -0.05) is 0 Å². The Bertz CT molecular complexity index is 542. The van der Waals surface area contributed by atoms with E-state index in [-0.39, 0.29) is 16.8 Å². The smallest absolute Gasteiger partial charge is 0.197 e. The highest BCUT2D eigenvalue weighted by atomic mass is 32.2. The Hall–Kier alpha value is -1.45. The second-order valence-corrected chi connectivity index (χ2v) is 6.05. The molecule has 17 heavy (non-hydrogen) atoms. The van der Waals surface area contributed by atoms with E-state index < -0.39 is 9.84 Å². The highest BCUT2D eigenvalue weighted by Crippen LogP contribution is 2.14. The van der Waals surface area contributed by atoms with Gasteiger partial charge in [-0.2, -0.15) is 5.26 Å². The largest absolute Gasteiger partial charge is 0.313 e. The van der Waals surface area contributed by atoms with Crippen LogP contribution in [-0.4, -0.2) is 31.7 Å². The molecule has 6 heteroatoms. The van der Waals surface area contributed by atoms with Gasteiger partial charge in [-0.3, -0.25) is 0 Å². The monoisotopic (exact) mass is 251 g/mol. The molecule has 1 fully saturated rings. The summed E-state index contributed by atoms with van der Waals surface area (Å²) < 4.78 is 24.1. The summed E-state index contributed by atoms with van der Waals surface area (Å²) >= 11 is 0. The molecule has 90 valence electrons. The molecule has 0 aliphatic carbocycles. The van der Waals surface area contributed by atoms with Crippen LogP contribution in [0.2, 0.25) is 0 Å². The summed E-state index contributed by atoms with van der Waals surface area (Å²) in [7, 11) is -3.40. The van der Waals surface area contributed by atoms with E-state index in [1.807, 2.05) is 6.07 Å². The summed E-state index contributed by atoms with van der Waals surface area (Å²) in [5, 5.41) is 11.9. The summed E-state index contributed by atoms with van der Waals surface area (Å²) in [6, 6.07) is 4.74. The summed E-state index contributed by atoms with van der Waals surface area (Å²) in [6.45, 7) is 0.867. The van der Waals surface area contributed by atoms with Crippen molar-refractivity contribution in [3.05, 3.63) is 23.9 Å². The van der Waals surface area contributed by atoms with Crippen LogP contribution < -0.4 is 5.32 Å². The molecule has 0 spiro atoms. The van der Waals surface area contributed by atoms with Crippen molar-refractivity contribution in [2.75, 3.05) is 12.3 Å². The van der Waals surface area contributed by atoms with Gasteiger partial charge in [-0.15, -0.1) is 0 Å². The van der Waals surface area contributed by atoms with Crippen LogP contribution in [0.5, 0.6) is 0 Å². The van der Waals surface area contributed by atoms with Crippen molar-refractivity contribution in [1.29, 1.82) is 5.26 Å². The van der Waals surface area contributed by atoms with Gasteiger partial charge in [0.1, 0.15) is 0 Å². The highest BCUT2D eigenvalue weighted by Gasteiger charge is 2.24. The molecule has 1 aromatic rings. The van der Waals surface area contributed by atoms with E-state index in [9.17, 15) is 8.42 Å². The van der Waals surface area contributed by atoms with Crippen molar-refractivity contribution in [2.24, 2.45) is 0 Å². The Morgan fingerprint density at radius 1 is 1.59 bits per heavy atom. The first kappa shape index (κ1) is 12.0. The summed E-state index contributed by atoms with van der Waals surface area (Å²) in [5.41, 5.74) is 0.318. The first-order chi connectivity index (χ1) is 8.12. The Balaban J connectivity index is 2.22. The third-order valence-corrected chi connectivity index (χ3v) is 4.47. The van der Waals surface area contributed by atoms with Gasteiger partial charge in [0, 0.05) is 12.2 Å². The molecule has 1 N–H and O–H groups in total. The summed E-state index contributed by atoms with van der Waals surface area (Å²) in [4.78, 5) is 3.83. The molecule has 0 bridgehead atoms. The lowest BCUT2D eigenvalue weighted by atomic mass is 10.3. The molecule has 0 amide bonds. The molecule has 2 heterocycles. The Morgan fingerprint density at radius 2 is 2.41 bits per heavy atom. The second kappa shape index (κ2) is 4.82. The van der Waals surface area contributed by atoms with Gasteiger partial charge in [0.05, 0.1) is 17.4 Å². The van der Waals surface area contributed by atoms with Crippen LogP contribution >= 0.6 is 0 Å². The molecule has 2 rings (SSSR count). The lowest BCUT2D eigenvalue weighted by molar-refractivity contribution is 0.573. The second-order valence-electron chi connectivity index (χ2n) is 4.07. The van der Waals surface area contributed by atoms with Gasteiger partial charge in [-0.05, 0) is 31.5 Å². The highest BCUT2D eigenvalue weighted by molar-refractivity contribution is 7.91.